The molecule has 2 N–H and O–H groups in total. The van der Waals surface area contributed by atoms with Gasteiger partial charge in [0.25, 0.3) is 0 Å². The van der Waals surface area contributed by atoms with E-state index in [0.717, 1.165) is 40.9 Å². The highest BCUT2D eigenvalue weighted by molar-refractivity contribution is 6.02. The highest BCUT2D eigenvalue weighted by Crippen LogP contribution is 2.42. The molecule has 6 heteroatoms. The van der Waals surface area contributed by atoms with Crippen LogP contribution in [0.5, 0.6) is 11.5 Å². The molecule has 2 heterocycles. The van der Waals surface area contributed by atoms with Crippen LogP contribution in [0.15, 0.2) is 24.4 Å². The summed E-state index contributed by atoms with van der Waals surface area (Å²) in [7, 11) is 3.34. The van der Waals surface area contributed by atoms with Crippen molar-refractivity contribution in [2.45, 2.75) is 38.8 Å². The smallest absolute Gasteiger partial charge is 0.168 e. The number of hydrazine groups is 1. The molecule has 4 rings (SSSR count). The molecule has 2 aliphatic rings. The maximum absolute atomic E-state index is 6.59. The highest BCUT2D eigenvalue weighted by Gasteiger charge is 2.26. The van der Waals surface area contributed by atoms with E-state index in [1.54, 1.807) is 14.2 Å². The maximum Gasteiger partial charge on any atom is 0.168 e. The number of nitrogens with two attached hydrogens (primary N) is 1. The molecule has 1 fully saturated rings. The topological polar surface area (TPSA) is 60.2 Å². The zero-order valence-corrected chi connectivity index (χ0v) is 17.6. The Bertz CT molecular complexity index is 912. The first-order chi connectivity index (χ1) is 14.1. The third-order valence-corrected chi connectivity index (χ3v) is 6.00. The van der Waals surface area contributed by atoms with E-state index >= 15 is 0 Å². The molecule has 29 heavy (non-hydrogen) atoms. The molecule has 1 atom stereocenters. The highest BCUT2D eigenvalue weighted by atomic mass is 16.5. The second kappa shape index (κ2) is 8.51. The summed E-state index contributed by atoms with van der Waals surface area (Å²) in [4.78, 5) is 0. The number of hydrogen-bond acceptors (Lipinski definition) is 6. The average Bonchev–Trinajstić information content (AvgIpc) is 2.74. The second-order valence-electron chi connectivity index (χ2n) is 7.82. The molecule has 0 amide bonds. The summed E-state index contributed by atoms with van der Waals surface area (Å²) >= 11 is 0. The summed E-state index contributed by atoms with van der Waals surface area (Å²) in [6.07, 6.45) is 8.12. The summed E-state index contributed by atoms with van der Waals surface area (Å²) < 4.78 is 16.7. The second-order valence-corrected chi connectivity index (χ2v) is 7.82. The summed E-state index contributed by atoms with van der Waals surface area (Å²) in [5.41, 5.74) is 9.70. The monoisotopic (exact) mass is 397 g/mol. The van der Waals surface area contributed by atoms with Crippen molar-refractivity contribution in [2.24, 2.45) is 0 Å². The van der Waals surface area contributed by atoms with Crippen molar-refractivity contribution in [2.75, 3.05) is 39.7 Å². The molecular formula is C23H31N3O3. The van der Waals surface area contributed by atoms with Gasteiger partial charge in [0.1, 0.15) is 6.61 Å². The fourth-order valence-corrected chi connectivity index (χ4v) is 4.44. The number of ether oxygens (including phenoxy) is 3. The molecule has 2 aromatic carbocycles. The van der Waals surface area contributed by atoms with E-state index in [0.29, 0.717) is 25.0 Å². The van der Waals surface area contributed by atoms with E-state index in [9.17, 15) is 0 Å². The molecule has 2 aromatic rings. The lowest BCUT2D eigenvalue weighted by atomic mass is 9.95. The first-order valence-corrected chi connectivity index (χ1v) is 10.4. The van der Waals surface area contributed by atoms with Crippen LogP contribution in [0.25, 0.3) is 16.8 Å². The lowest BCUT2D eigenvalue weighted by molar-refractivity contribution is -0.0413. The van der Waals surface area contributed by atoms with Crippen molar-refractivity contribution in [3.8, 4) is 11.5 Å². The average molecular weight is 398 g/mol. The predicted octanol–water partition coefficient (Wildman–Crippen LogP) is 4.03. The molecular weight excluding hydrogens is 366 g/mol. The lowest BCUT2D eigenvalue weighted by Crippen LogP contribution is -2.47. The molecule has 0 radical (unpaired) electrons. The Kier molecular flexibility index (Phi) is 5.83. The van der Waals surface area contributed by atoms with E-state index in [1.165, 1.54) is 24.8 Å². The zero-order valence-electron chi connectivity index (χ0n) is 17.6. The largest absolute Gasteiger partial charge is 0.492 e. The number of benzene rings is 2. The Hall–Kier alpha value is -2.44. The van der Waals surface area contributed by atoms with Crippen molar-refractivity contribution >= 4 is 22.5 Å². The van der Waals surface area contributed by atoms with Crippen LogP contribution in [-0.2, 0) is 11.3 Å². The van der Waals surface area contributed by atoms with Crippen LogP contribution in [0.1, 0.15) is 37.3 Å². The molecule has 1 unspecified atom stereocenters. The third kappa shape index (κ3) is 3.74. The number of hydrogen-bond donors (Lipinski definition) is 1. The number of piperidine rings is 1. The van der Waals surface area contributed by atoms with Crippen LogP contribution in [0, 0.1) is 0 Å². The van der Waals surface area contributed by atoms with Gasteiger partial charge in [0.2, 0.25) is 0 Å². The molecule has 0 aromatic heterocycles. The summed E-state index contributed by atoms with van der Waals surface area (Å²) in [5, 5.41) is 6.79. The first-order valence-electron chi connectivity index (χ1n) is 10.4. The molecule has 0 saturated carbocycles. The van der Waals surface area contributed by atoms with Gasteiger partial charge in [-0.05, 0) is 49.6 Å². The van der Waals surface area contributed by atoms with Crippen molar-refractivity contribution in [1.29, 1.82) is 0 Å². The van der Waals surface area contributed by atoms with Gasteiger partial charge in [-0.15, -0.1) is 0 Å². The van der Waals surface area contributed by atoms with Crippen molar-refractivity contribution in [1.82, 2.24) is 10.0 Å². The van der Waals surface area contributed by atoms with E-state index < -0.39 is 0 Å². The standard InChI is InChI=1S/C23H31N3O3/c1-16-6-4-5-10-26(16)25-11-9-18-17(15-25)14-20-19(22(18)24)7-8-21(23(20)28-3)29-13-12-27-2/h7-9,11,14,16H,4-6,10,12-13,15,24H2,1-3H3. The summed E-state index contributed by atoms with van der Waals surface area (Å²) in [6.45, 7) is 5.23. The fraction of sp³-hybridized carbons (Fsp3) is 0.478. The third-order valence-electron chi connectivity index (χ3n) is 6.00. The molecule has 156 valence electrons. The van der Waals surface area contributed by atoms with Gasteiger partial charge in [0.05, 0.1) is 20.3 Å². The SMILES string of the molecule is COCCOc1ccc2c(N)c3c(cc2c1OC)CN(N1CCCCC1C)C=C3. The van der Waals surface area contributed by atoms with E-state index in [1.807, 2.05) is 12.1 Å². The van der Waals surface area contributed by atoms with Gasteiger partial charge in [-0.2, -0.15) is 0 Å². The minimum atomic E-state index is 0.474. The van der Waals surface area contributed by atoms with Crippen LogP contribution in [0.4, 0.5) is 5.69 Å². The lowest BCUT2D eigenvalue weighted by Gasteiger charge is -2.43. The van der Waals surface area contributed by atoms with E-state index in [2.05, 4.69) is 35.3 Å². The van der Waals surface area contributed by atoms with Gasteiger partial charge in [0.15, 0.2) is 11.5 Å². The van der Waals surface area contributed by atoms with E-state index in [-0.39, 0.29) is 0 Å². The Labute approximate surface area is 172 Å². The number of nitrogen functional groups attached to an aromatic ring is 1. The minimum absolute atomic E-state index is 0.474. The van der Waals surface area contributed by atoms with Gasteiger partial charge in [-0.25, -0.2) is 5.01 Å². The predicted molar refractivity (Wildman–Crippen MR) is 117 cm³/mol. The van der Waals surface area contributed by atoms with Crippen LogP contribution in [0.3, 0.4) is 0 Å². The van der Waals surface area contributed by atoms with Crippen molar-refractivity contribution in [3.05, 3.63) is 35.5 Å². The Morgan fingerprint density at radius 2 is 2.00 bits per heavy atom. The summed E-state index contributed by atoms with van der Waals surface area (Å²) in [5.74, 6) is 1.44. The molecule has 2 aliphatic heterocycles. The van der Waals surface area contributed by atoms with E-state index in [4.69, 9.17) is 19.9 Å². The molecule has 0 aliphatic carbocycles. The number of fused-ring (bicyclic) bond motifs is 2. The van der Waals surface area contributed by atoms with Gasteiger partial charge in [-0.3, -0.25) is 0 Å². The van der Waals surface area contributed by atoms with Gasteiger partial charge in [0, 0.05) is 47.9 Å². The van der Waals surface area contributed by atoms with Crippen LogP contribution < -0.4 is 15.2 Å². The Morgan fingerprint density at radius 1 is 1.14 bits per heavy atom. The maximum atomic E-state index is 6.59. The molecule has 0 spiro atoms. The number of methoxy groups -OCH3 is 2. The van der Waals surface area contributed by atoms with Gasteiger partial charge >= 0.3 is 0 Å². The Balaban J connectivity index is 1.71. The first kappa shape index (κ1) is 19.9. The normalized spacial score (nSPS) is 19.4. The van der Waals surface area contributed by atoms with Crippen LogP contribution in [0.2, 0.25) is 0 Å². The molecule has 0 bridgehead atoms. The summed E-state index contributed by atoms with van der Waals surface area (Å²) in [6, 6.07) is 6.70. The fourth-order valence-electron chi connectivity index (χ4n) is 4.44. The number of nitrogens with zero attached hydrogens (tertiary/aromatic N) is 2. The molecule has 6 nitrogen and oxygen atoms in total. The Morgan fingerprint density at radius 3 is 2.76 bits per heavy atom. The van der Waals surface area contributed by atoms with Crippen LogP contribution >= 0.6 is 0 Å². The van der Waals surface area contributed by atoms with Gasteiger partial charge < -0.3 is 25.0 Å². The number of anilines is 1. The van der Waals surface area contributed by atoms with Crippen molar-refractivity contribution in [3.63, 3.8) is 0 Å². The van der Waals surface area contributed by atoms with Crippen molar-refractivity contribution < 1.29 is 14.2 Å². The quantitative estimate of drug-likeness (QED) is 0.587. The molecule has 1 saturated heterocycles. The number of rotatable bonds is 6. The van der Waals surface area contributed by atoms with Gasteiger partial charge in [-0.1, -0.05) is 6.42 Å². The minimum Gasteiger partial charge on any atom is -0.492 e. The zero-order chi connectivity index (χ0) is 20.4. The van der Waals surface area contributed by atoms with Crippen LogP contribution in [-0.4, -0.2) is 50.0 Å².